The van der Waals surface area contributed by atoms with Gasteiger partial charge in [-0.2, -0.15) is 0 Å². The maximum Gasteiger partial charge on any atom is 0.326 e. The van der Waals surface area contributed by atoms with Crippen LogP contribution in [0.5, 0.6) is 0 Å². The number of rotatable bonds is 2. The zero-order chi connectivity index (χ0) is 13.1. The summed E-state index contributed by atoms with van der Waals surface area (Å²) in [6.45, 7) is 3.71. The fraction of sp³-hybridized carbons (Fsp3) is 0.833. The molecule has 0 aromatic carbocycles. The van der Waals surface area contributed by atoms with Crippen molar-refractivity contribution in [2.45, 2.75) is 38.3 Å². The van der Waals surface area contributed by atoms with Crippen LogP contribution in [-0.2, 0) is 9.53 Å². The maximum atomic E-state index is 12.1. The molecule has 2 aliphatic rings. The summed E-state index contributed by atoms with van der Waals surface area (Å²) in [6.07, 6.45) is 2.19. The van der Waals surface area contributed by atoms with Gasteiger partial charge < -0.3 is 20.1 Å². The molecule has 0 bridgehead atoms. The molecular formula is C12H20N2O4. The first-order valence-corrected chi connectivity index (χ1v) is 6.45. The van der Waals surface area contributed by atoms with E-state index in [0.29, 0.717) is 32.1 Å². The van der Waals surface area contributed by atoms with Crippen molar-refractivity contribution in [2.24, 2.45) is 5.92 Å². The third-order valence-electron chi connectivity index (χ3n) is 3.67. The topological polar surface area (TPSA) is 78.9 Å². The standard InChI is InChI=1S/C12H20N2O4/c1-8-2-4-14(10(6-8)11(15)16)12(17)13-9-3-5-18-7-9/h8-10H,2-7H2,1H3,(H,13,17)(H,15,16). The molecule has 102 valence electrons. The lowest BCUT2D eigenvalue weighted by Gasteiger charge is -2.36. The first kappa shape index (κ1) is 13.1. The number of hydrogen-bond acceptors (Lipinski definition) is 3. The number of nitrogens with zero attached hydrogens (tertiary/aromatic N) is 1. The molecule has 6 nitrogen and oxygen atoms in total. The SMILES string of the molecule is CC1CCN(C(=O)NC2CCOC2)C(C(=O)O)C1. The van der Waals surface area contributed by atoms with Crippen molar-refractivity contribution in [1.29, 1.82) is 0 Å². The highest BCUT2D eigenvalue weighted by Crippen LogP contribution is 2.23. The number of carbonyl (C=O) groups excluding carboxylic acids is 1. The van der Waals surface area contributed by atoms with Gasteiger partial charge in [0.25, 0.3) is 0 Å². The molecule has 0 aromatic heterocycles. The normalized spacial score (nSPS) is 32.3. The molecule has 2 aliphatic heterocycles. The Labute approximate surface area is 106 Å². The van der Waals surface area contributed by atoms with Gasteiger partial charge in [0.15, 0.2) is 0 Å². The van der Waals surface area contributed by atoms with Gasteiger partial charge in [-0.15, -0.1) is 0 Å². The summed E-state index contributed by atoms with van der Waals surface area (Å²) in [5, 5.41) is 12.0. The van der Waals surface area contributed by atoms with Crippen LogP contribution >= 0.6 is 0 Å². The highest BCUT2D eigenvalue weighted by Gasteiger charge is 2.35. The number of carboxylic acids is 1. The van der Waals surface area contributed by atoms with Crippen LogP contribution in [0.2, 0.25) is 0 Å². The summed E-state index contributed by atoms with van der Waals surface area (Å²) in [5.74, 6) is -0.565. The number of ether oxygens (including phenoxy) is 1. The smallest absolute Gasteiger partial charge is 0.326 e. The Kier molecular flexibility index (Phi) is 4.06. The van der Waals surface area contributed by atoms with Crippen LogP contribution in [0.1, 0.15) is 26.2 Å². The van der Waals surface area contributed by atoms with E-state index in [1.165, 1.54) is 4.90 Å². The largest absolute Gasteiger partial charge is 0.480 e. The third kappa shape index (κ3) is 2.93. The molecule has 0 saturated carbocycles. The van der Waals surface area contributed by atoms with E-state index in [0.717, 1.165) is 12.8 Å². The lowest BCUT2D eigenvalue weighted by Crippen LogP contribution is -2.55. The van der Waals surface area contributed by atoms with Gasteiger partial charge in [-0.3, -0.25) is 0 Å². The summed E-state index contributed by atoms with van der Waals surface area (Å²) in [5.41, 5.74) is 0. The lowest BCUT2D eigenvalue weighted by molar-refractivity contribution is -0.143. The van der Waals surface area contributed by atoms with E-state index in [2.05, 4.69) is 5.32 Å². The van der Waals surface area contributed by atoms with E-state index in [1.807, 2.05) is 6.92 Å². The first-order chi connectivity index (χ1) is 8.58. The summed E-state index contributed by atoms with van der Waals surface area (Å²) in [4.78, 5) is 24.7. The molecule has 6 heteroatoms. The van der Waals surface area contributed by atoms with Crippen molar-refractivity contribution in [3.05, 3.63) is 0 Å². The van der Waals surface area contributed by atoms with E-state index < -0.39 is 12.0 Å². The van der Waals surface area contributed by atoms with Crippen LogP contribution in [0.25, 0.3) is 0 Å². The average molecular weight is 256 g/mol. The predicted molar refractivity (Wildman–Crippen MR) is 64.3 cm³/mol. The summed E-state index contributed by atoms with van der Waals surface area (Å²) in [7, 11) is 0. The monoisotopic (exact) mass is 256 g/mol. The maximum absolute atomic E-state index is 12.1. The highest BCUT2D eigenvalue weighted by atomic mass is 16.5. The molecule has 2 rings (SSSR count). The third-order valence-corrected chi connectivity index (χ3v) is 3.67. The summed E-state index contributed by atoms with van der Waals surface area (Å²) < 4.78 is 5.19. The lowest BCUT2D eigenvalue weighted by atomic mass is 9.93. The molecule has 2 N–H and O–H groups in total. The number of carbonyl (C=O) groups is 2. The van der Waals surface area contributed by atoms with Crippen molar-refractivity contribution < 1.29 is 19.4 Å². The van der Waals surface area contributed by atoms with Crippen molar-refractivity contribution in [1.82, 2.24) is 10.2 Å². The minimum atomic E-state index is -0.917. The number of amides is 2. The Hall–Kier alpha value is -1.30. The van der Waals surface area contributed by atoms with Crippen molar-refractivity contribution >= 4 is 12.0 Å². The molecule has 0 radical (unpaired) electrons. The minimum Gasteiger partial charge on any atom is -0.480 e. The molecule has 0 aliphatic carbocycles. The Balaban J connectivity index is 1.95. The zero-order valence-electron chi connectivity index (χ0n) is 10.6. The van der Waals surface area contributed by atoms with Gasteiger partial charge in [-0.25, -0.2) is 9.59 Å². The number of likely N-dealkylation sites (tertiary alicyclic amines) is 1. The van der Waals surface area contributed by atoms with Gasteiger partial charge in [0.2, 0.25) is 0 Å². The second-order valence-corrected chi connectivity index (χ2v) is 5.19. The van der Waals surface area contributed by atoms with Gasteiger partial charge in [-0.05, 0) is 25.2 Å². The summed E-state index contributed by atoms with van der Waals surface area (Å²) in [6, 6.07) is -0.952. The molecule has 3 unspecified atom stereocenters. The zero-order valence-corrected chi connectivity index (χ0v) is 10.6. The first-order valence-electron chi connectivity index (χ1n) is 6.45. The number of nitrogens with one attached hydrogen (secondary N) is 1. The predicted octanol–water partition coefficient (Wildman–Crippen LogP) is 0.670. The fourth-order valence-corrected chi connectivity index (χ4v) is 2.52. The Morgan fingerprint density at radius 3 is 2.78 bits per heavy atom. The van der Waals surface area contributed by atoms with Crippen molar-refractivity contribution in [2.75, 3.05) is 19.8 Å². The van der Waals surface area contributed by atoms with Crippen LogP contribution in [0.4, 0.5) is 4.79 Å². The second kappa shape index (κ2) is 5.56. The number of aliphatic carboxylic acids is 1. The Morgan fingerprint density at radius 1 is 1.39 bits per heavy atom. The van der Waals surface area contributed by atoms with E-state index in [4.69, 9.17) is 4.74 Å². The molecule has 0 spiro atoms. The average Bonchev–Trinajstić information content (AvgIpc) is 2.81. The number of urea groups is 1. The minimum absolute atomic E-state index is 0.0197. The number of hydrogen-bond donors (Lipinski definition) is 2. The van der Waals surface area contributed by atoms with Crippen LogP contribution in [-0.4, -0.2) is 53.8 Å². The fourth-order valence-electron chi connectivity index (χ4n) is 2.52. The van der Waals surface area contributed by atoms with Crippen LogP contribution in [0.3, 0.4) is 0 Å². The molecule has 0 aromatic rings. The van der Waals surface area contributed by atoms with Crippen LogP contribution < -0.4 is 5.32 Å². The quantitative estimate of drug-likeness (QED) is 0.761. The molecular weight excluding hydrogens is 236 g/mol. The molecule has 2 amide bonds. The van der Waals surface area contributed by atoms with E-state index in [-0.39, 0.29) is 12.1 Å². The molecule has 2 saturated heterocycles. The van der Waals surface area contributed by atoms with Crippen molar-refractivity contribution in [3.8, 4) is 0 Å². The molecule has 3 atom stereocenters. The molecule has 18 heavy (non-hydrogen) atoms. The van der Waals surface area contributed by atoms with Crippen molar-refractivity contribution in [3.63, 3.8) is 0 Å². The van der Waals surface area contributed by atoms with E-state index in [9.17, 15) is 14.7 Å². The number of carboxylic acid groups (broad SMARTS) is 1. The van der Waals surface area contributed by atoms with Gasteiger partial charge in [0.05, 0.1) is 12.6 Å². The highest BCUT2D eigenvalue weighted by molar-refractivity contribution is 5.83. The number of piperidine rings is 1. The molecule has 2 heterocycles. The van der Waals surface area contributed by atoms with E-state index >= 15 is 0 Å². The Bertz CT molecular complexity index is 328. The van der Waals surface area contributed by atoms with Gasteiger partial charge in [0, 0.05) is 13.2 Å². The van der Waals surface area contributed by atoms with Gasteiger partial charge >= 0.3 is 12.0 Å². The molecule has 2 fully saturated rings. The summed E-state index contributed by atoms with van der Waals surface area (Å²) >= 11 is 0. The van der Waals surface area contributed by atoms with E-state index in [1.54, 1.807) is 0 Å². The van der Waals surface area contributed by atoms with Gasteiger partial charge in [-0.1, -0.05) is 6.92 Å². The van der Waals surface area contributed by atoms with Crippen LogP contribution in [0.15, 0.2) is 0 Å². The van der Waals surface area contributed by atoms with Crippen LogP contribution in [0, 0.1) is 5.92 Å². The Morgan fingerprint density at radius 2 is 2.17 bits per heavy atom. The second-order valence-electron chi connectivity index (χ2n) is 5.19. The van der Waals surface area contributed by atoms with Gasteiger partial charge in [0.1, 0.15) is 6.04 Å².